The molecule has 9 aromatic carbocycles. The van der Waals surface area contributed by atoms with Crippen molar-refractivity contribution in [3.63, 3.8) is 0 Å². The second-order valence-corrected chi connectivity index (χ2v) is 29.3. The van der Waals surface area contributed by atoms with Crippen LogP contribution in [-0.4, -0.2) is 94.9 Å². The van der Waals surface area contributed by atoms with E-state index >= 15 is 0 Å². The number of carbonyl (C=O) groups is 6. The molecule has 17 heteroatoms. The Bertz CT molecular complexity index is 2790. The van der Waals surface area contributed by atoms with Gasteiger partial charge in [-0.15, -0.1) is 0 Å². The molecule has 0 radical (unpaired) electrons. The molecule has 0 amide bonds. The Hall–Kier alpha value is -8.00. The van der Waals surface area contributed by atoms with Crippen LogP contribution in [0.1, 0.15) is 60.8 Å². The third-order valence-corrected chi connectivity index (χ3v) is 24.5. The van der Waals surface area contributed by atoms with Gasteiger partial charge in [-0.25, -0.2) is 0 Å². The summed E-state index contributed by atoms with van der Waals surface area (Å²) in [5.41, 5.74) is 0. The quantitative estimate of drug-likeness (QED) is 0.0642. The van der Waals surface area contributed by atoms with Crippen molar-refractivity contribution >= 4 is 142 Å². The van der Waals surface area contributed by atoms with Crippen molar-refractivity contribution in [2.45, 2.75) is 60.8 Å². The zero-order valence-corrected chi connectivity index (χ0v) is 56.2. The van der Waals surface area contributed by atoms with Gasteiger partial charge < -0.3 is 44.1 Å². The number of hydrogen-bond acceptors (Lipinski definition) is 12. The molecule has 0 N–H and O–H groups in total. The maximum atomic E-state index is 13.8. The summed E-state index contributed by atoms with van der Waals surface area (Å²) in [4.78, 5) is 103. The minimum absolute atomic E-state index is 0. The molecule has 89 heavy (non-hydrogen) atoms. The Morgan fingerprint density at radius 1 is 0.258 bits per heavy atom. The first-order valence-electron chi connectivity index (χ1n) is 28.5. The zero-order chi connectivity index (χ0) is 63.8. The van der Waals surface area contributed by atoms with E-state index in [0.717, 1.165) is 46.7 Å². The van der Waals surface area contributed by atoms with Gasteiger partial charge in [0.05, 0.1) is 60.6 Å². The summed E-state index contributed by atoms with van der Waals surface area (Å²) < 4.78 is 0. The van der Waals surface area contributed by atoms with Crippen LogP contribution in [-0.2, 0) is 28.8 Å². The van der Waals surface area contributed by atoms with Crippen LogP contribution in [0.4, 0.5) is 0 Å². The minimum Gasteiger partial charge on any atom is -0.848 e. The van der Waals surface area contributed by atoms with E-state index < -0.39 is 60.6 Å². The van der Waals surface area contributed by atoms with Crippen LogP contribution in [0.3, 0.4) is 0 Å². The van der Waals surface area contributed by atoms with Crippen molar-refractivity contribution in [1.29, 1.82) is 0 Å². The van der Waals surface area contributed by atoms with E-state index in [-0.39, 0.29) is 52.1 Å². The summed E-state index contributed by atoms with van der Waals surface area (Å²) in [5.74, 6) is -7.56. The number of Topliss-reactive ketones (excluding diaryl/α,β-unsaturated/α-hetero) is 3. The molecule has 0 saturated heterocycles. The van der Waals surface area contributed by atoms with Crippen molar-refractivity contribution in [3.05, 3.63) is 273 Å². The van der Waals surface area contributed by atoms with Crippen LogP contribution in [0.5, 0.6) is 0 Å². The van der Waals surface area contributed by atoms with Gasteiger partial charge in [-0.3, -0.25) is 14.4 Å². The second kappa shape index (κ2) is 39.8. The van der Waals surface area contributed by atoms with Crippen LogP contribution in [0.15, 0.2) is 273 Å². The summed E-state index contributed by atoms with van der Waals surface area (Å²) in [6.45, 7) is 8.68. The number of carboxylic acid groups (broad SMARTS) is 3. The van der Waals surface area contributed by atoms with Crippen molar-refractivity contribution in [3.8, 4) is 0 Å². The number of rotatable bonds is 18. The van der Waals surface area contributed by atoms with E-state index in [1.165, 1.54) is 20.8 Å². The molecule has 9 rings (SSSR count). The number of carboxylic acids is 3. The zero-order valence-electron chi connectivity index (χ0n) is 50.9. The third kappa shape index (κ3) is 22.2. The fraction of sp³-hybridized carbons (Fsp3) is 0.167. The molecule has 0 spiro atoms. The largest absolute Gasteiger partial charge is 3.00 e. The average Bonchev–Trinajstić information content (AvgIpc) is 2.85. The van der Waals surface area contributed by atoms with E-state index in [9.17, 15) is 58.5 Å². The van der Waals surface area contributed by atoms with E-state index in [2.05, 4.69) is 0 Å². The molecular formula is C72H72Al2O12Si3. The van der Waals surface area contributed by atoms with Crippen LogP contribution < -0.4 is 76.4 Å². The molecule has 12 nitrogen and oxygen atoms in total. The number of carbonyl (C=O) groups excluding carboxylic acids is 6. The Morgan fingerprint density at radius 3 is 0.416 bits per heavy atom. The fourth-order valence-electron chi connectivity index (χ4n) is 9.42. The Labute approximate surface area is 547 Å². The van der Waals surface area contributed by atoms with Gasteiger partial charge >= 0.3 is 34.7 Å². The average molecular weight is 1270 g/mol. The molecule has 0 aliphatic carbocycles. The van der Waals surface area contributed by atoms with Crippen LogP contribution >= 0.6 is 0 Å². The Kier molecular flexibility index (Phi) is 34.5. The number of benzene rings is 9. The Balaban J connectivity index is 0.000000377. The molecule has 0 fully saturated rings. The summed E-state index contributed by atoms with van der Waals surface area (Å²) in [5, 5.41) is 38.2. The third-order valence-electron chi connectivity index (χ3n) is 14.2. The maximum absolute atomic E-state index is 13.8. The molecular weight excluding hydrogens is 1200 g/mol. The van der Waals surface area contributed by atoms with Crippen LogP contribution in [0.25, 0.3) is 0 Å². The van der Waals surface area contributed by atoms with Crippen molar-refractivity contribution in [2.75, 3.05) is 0 Å². The first-order chi connectivity index (χ1) is 41.7. The summed E-state index contributed by atoms with van der Waals surface area (Å²) >= 11 is 0. The first-order valence-corrected chi connectivity index (χ1v) is 34.2. The van der Waals surface area contributed by atoms with Gasteiger partial charge in [-0.1, -0.05) is 340 Å². The predicted molar refractivity (Wildman–Crippen MR) is 352 cm³/mol. The molecule has 3 atom stereocenters. The van der Waals surface area contributed by atoms with Gasteiger partial charge in [0.25, 0.3) is 0 Å². The van der Waals surface area contributed by atoms with Crippen LogP contribution in [0, 0.1) is 17.8 Å². The van der Waals surface area contributed by atoms with Crippen molar-refractivity contribution in [1.82, 2.24) is 0 Å². The first kappa shape index (κ1) is 77.1. The molecule has 0 bridgehead atoms. The normalized spacial score (nSPS) is 11.4. The monoisotopic (exact) mass is 1270 g/mol. The number of ketones is 3. The fourth-order valence-corrected chi connectivity index (χ4v) is 18.4. The van der Waals surface area contributed by atoms with Gasteiger partial charge in [0.15, 0.2) is 0 Å². The van der Waals surface area contributed by atoms with Gasteiger partial charge in [-0.05, 0) is 40.0 Å². The topological polar surface area (TPSA) is 241 Å². The minimum atomic E-state index is -3.13. The molecule has 0 aliphatic rings. The molecule has 0 heterocycles. The predicted octanol–water partition coefficient (Wildman–Crippen LogP) is 0.334. The summed E-state index contributed by atoms with van der Waals surface area (Å²) in [6.07, 6.45) is 0.951. The number of aliphatic carboxylic acids is 3. The maximum Gasteiger partial charge on any atom is 3.00 e. The van der Waals surface area contributed by atoms with Gasteiger partial charge in [0, 0.05) is 0 Å². The van der Waals surface area contributed by atoms with E-state index in [1.807, 2.05) is 273 Å². The molecule has 450 valence electrons. The molecule has 0 aromatic heterocycles. The number of hydrogen-bond donors (Lipinski definition) is 0. The molecule has 0 aliphatic heterocycles. The van der Waals surface area contributed by atoms with Gasteiger partial charge in [0.2, 0.25) is 0 Å². The second-order valence-electron chi connectivity index (χ2n) is 20.0. The standard InChI is InChI=1S/3C18H15OSi.3C6H10O3.2Al/c3*19-20(16-10-4-1-5-11-16,17-12-6-2-7-13-17)18-14-8-3-9-15-18;3*1-3-5(4(2)7)6(8)9;;/h3*1-15H;3*5H,3H2,1-2H3,(H,8,9);;/q3*-1;;;;2*+3/p-3. The van der Waals surface area contributed by atoms with Crippen molar-refractivity contribution in [2.24, 2.45) is 17.8 Å². The van der Waals surface area contributed by atoms with Gasteiger partial charge in [0.1, 0.15) is 17.3 Å². The molecule has 0 saturated carbocycles. The smallest absolute Gasteiger partial charge is 0.848 e. The molecule has 3 unspecified atom stereocenters. The van der Waals surface area contributed by atoms with Crippen LogP contribution in [0.2, 0.25) is 0 Å². The summed E-state index contributed by atoms with van der Waals surface area (Å²) in [6, 6.07) is 87.8. The summed E-state index contributed by atoms with van der Waals surface area (Å²) in [7, 11) is -9.38. The molecule has 9 aromatic rings. The SMILES string of the molecule is CCC(C(C)=O)C(=O)[O-].CCC(C(C)=O)C(=O)[O-].CCC(C(C)=O)C(=O)[O-].[Al+3].[Al+3].[O-][Si](c1ccccc1)(c1ccccc1)c1ccccc1.[O-][Si](c1ccccc1)(c1ccccc1)c1ccccc1.[O-][Si](c1ccccc1)(c1ccccc1)c1ccccc1. The van der Waals surface area contributed by atoms with E-state index in [1.54, 1.807) is 20.8 Å². The van der Waals surface area contributed by atoms with Gasteiger partial charge in [-0.2, -0.15) is 0 Å². The Morgan fingerprint density at radius 2 is 0.360 bits per heavy atom. The van der Waals surface area contributed by atoms with Crippen molar-refractivity contribution < 1.29 is 58.5 Å². The van der Waals surface area contributed by atoms with E-state index in [0.29, 0.717) is 19.3 Å². The van der Waals surface area contributed by atoms with E-state index in [4.69, 9.17) is 0 Å².